The average molecular weight is 294 g/mol. The van der Waals surface area contributed by atoms with E-state index in [0.29, 0.717) is 6.54 Å². The maximum absolute atomic E-state index is 13.3. The van der Waals surface area contributed by atoms with Crippen molar-refractivity contribution >= 4 is 28.6 Å². The van der Waals surface area contributed by atoms with Crippen molar-refractivity contribution in [1.82, 2.24) is 0 Å². The highest BCUT2D eigenvalue weighted by Crippen LogP contribution is 2.25. The predicted molar refractivity (Wildman–Crippen MR) is 78.9 cm³/mol. The van der Waals surface area contributed by atoms with Gasteiger partial charge in [0.1, 0.15) is 0 Å². The first-order chi connectivity index (χ1) is 9.60. The van der Waals surface area contributed by atoms with Crippen molar-refractivity contribution in [2.75, 3.05) is 17.7 Å². The molecule has 1 aromatic heterocycles. The first kappa shape index (κ1) is 14.3. The molecule has 0 aliphatic rings. The molecule has 0 aliphatic carbocycles. The number of amides is 1. The fourth-order valence-corrected chi connectivity index (χ4v) is 2.50. The summed E-state index contributed by atoms with van der Waals surface area (Å²) in [7, 11) is 1.43. The van der Waals surface area contributed by atoms with Crippen molar-refractivity contribution in [3.63, 3.8) is 0 Å². The monoisotopic (exact) mass is 294 g/mol. The van der Waals surface area contributed by atoms with Gasteiger partial charge in [0, 0.05) is 23.6 Å². The van der Waals surface area contributed by atoms with E-state index in [-0.39, 0.29) is 11.7 Å². The number of ether oxygens (including phenoxy) is 1. The van der Waals surface area contributed by atoms with E-state index >= 15 is 0 Å². The molecule has 0 unspecified atom stereocenters. The van der Waals surface area contributed by atoms with Gasteiger partial charge in [0.2, 0.25) is 5.91 Å². The highest BCUT2D eigenvalue weighted by Gasteiger charge is 2.07. The lowest BCUT2D eigenvalue weighted by molar-refractivity contribution is -0.114. The Hall–Kier alpha value is -2.08. The lowest BCUT2D eigenvalue weighted by atomic mass is 10.2. The van der Waals surface area contributed by atoms with E-state index in [1.807, 2.05) is 11.4 Å². The summed E-state index contributed by atoms with van der Waals surface area (Å²) in [5.74, 6) is -0.301. The van der Waals surface area contributed by atoms with Crippen LogP contribution in [-0.4, -0.2) is 13.0 Å². The van der Waals surface area contributed by atoms with Gasteiger partial charge in [0.25, 0.3) is 0 Å². The lowest BCUT2D eigenvalue weighted by Gasteiger charge is -2.09. The lowest BCUT2D eigenvalue weighted by Crippen LogP contribution is -2.08. The summed E-state index contributed by atoms with van der Waals surface area (Å²) >= 11 is 1.54. The topological polar surface area (TPSA) is 50.4 Å². The third kappa shape index (κ3) is 3.48. The van der Waals surface area contributed by atoms with Crippen molar-refractivity contribution in [2.45, 2.75) is 13.5 Å². The zero-order valence-corrected chi connectivity index (χ0v) is 12.0. The number of thiophene rings is 1. The number of benzene rings is 1. The van der Waals surface area contributed by atoms with Gasteiger partial charge in [-0.25, -0.2) is 4.39 Å². The predicted octanol–water partition coefficient (Wildman–Crippen LogP) is 3.47. The zero-order chi connectivity index (χ0) is 14.5. The van der Waals surface area contributed by atoms with Crippen LogP contribution in [0.25, 0.3) is 0 Å². The second-order valence-corrected chi connectivity index (χ2v) is 5.14. The Bertz CT molecular complexity index is 613. The van der Waals surface area contributed by atoms with Crippen LogP contribution in [0.15, 0.2) is 29.6 Å². The molecule has 0 spiro atoms. The third-order valence-corrected chi connectivity index (χ3v) is 3.58. The second kappa shape index (κ2) is 6.38. The van der Waals surface area contributed by atoms with E-state index in [1.165, 1.54) is 20.1 Å². The summed E-state index contributed by atoms with van der Waals surface area (Å²) in [5.41, 5.74) is 1.55. The molecule has 2 N–H and O–H groups in total. The molecule has 20 heavy (non-hydrogen) atoms. The van der Waals surface area contributed by atoms with Crippen molar-refractivity contribution < 1.29 is 13.9 Å². The minimum Gasteiger partial charge on any atom is -0.494 e. The fourth-order valence-electron chi connectivity index (χ4n) is 1.73. The van der Waals surface area contributed by atoms with Crippen LogP contribution in [0.2, 0.25) is 0 Å². The molecule has 1 heterocycles. The normalized spacial score (nSPS) is 10.2. The summed E-state index contributed by atoms with van der Waals surface area (Å²) in [6, 6.07) is 6.45. The molecule has 2 rings (SSSR count). The van der Waals surface area contributed by atoms with Crippen LogP contribution in [-0.2, 0) is 11.3 Å². The van der Waals surface area contributed by atoms with Crippen molar-refractivity contribution in [3.8, 4) is 5.75 Å². The molecule has 1 aromatic carbocycles. The van der Waals surface area contributed by atoms with E-state index < -0.39 is 5.82 Å². The van der Waals surface area contributed by atoms with Crippen LogP contribution in [0.5, 0.6) is 5.75 Å². The molecule has 6 heteroatoms. The van der Waals surface area contributed by atoms with Gasteiger partial charge in [-0.05, 0) is 23.6 Å². The second-order valence-electron chi connectivity index (χ2n) is 4.14. The van der Waals surface area contributed by atoms with Gasteiger partial charge in [-0.2, -0.15) is 0 Å². The molecule has 0 aliphatic heterocycles. The van der Waals surface area contributed by atoms with E-state index in [2.05, 4.69) is 10.6 Å². The third-order valence-electron chi connectivity index (χ3n) is 2.66. The molecule has 0 radical (unpaired) electrons. The van der Waals surface area contributed by atoms with E-state index in [4.69, 9.17) is 4.74 Å². The molecule has 0 saturated carbocycles. The zero-order valence-electron chi connectivity index (χ0n) is 11.2. The largest absolute Gasteiger partial charge is 0.494 e. The number of hydrogen-bond donors (Lipinski definition) is 2. The highest BCUT2D eigenvalue weighted by atomic mass is 32.1. The molecular weight excluding hydrogens is 279 g/mol. The smallest absolute Gasteiger partial charge is 0.221 e. The number of rotatable bonds is 5. The van der Waals surface area contributed by atoms with Gasteiger partial charge in [-0.1, -0.05) is 0 Å². The Morgan fingerprint density at radius 3 is 2.90 bits per heavy atom. The maximum atomic E-state index is 13.3. The molecule has 0 fully saturated rings. The standard InChI is InChI=1S/C14H15FN2O2S/c1-9(18)17-12-5-6-20-14(12)8-16-10-3-4-11(15)13(7-10)19-2/h3-7,16H,8H2,1-2H3,(H,17,18). The van der Waals surface area contributed by atoms with Gasteiger partial charge >= 0.3 is 0 Å². The number of anilines is 2. The number of carbonyl (C=O) groups excluding carboxylic acids is 1. The average Bonchev–Trinajstić information content (AvgIpc) is 2.84. The Balaban J connectivity index is 2.05. The molecule has 4 nitrogen and oxygen atoms in total. The number of methoxy groups -OCH3 is 1. The first-order valence-corrected chi connectivity index (χ1v) is 6.89. The van der Waals surface area contributed by atoms with Crippen LogP contribution in [0.1, 0.15) is 11.8 Å². The molecule has 0 atom stereocenters. The molecule has 2 aromatic rings. The van der Waals surface area contributed by atoms with Crippen LogP contribution in [0, 0.1) is 5.82 Å². The van der Waals surface area contributed by atoms with Crippen molar-refractivity contribution in [2.24, 2.45) is 0 Å². The molecule has 0 bridgehead atoms. The van der Waals surface area contributed by atoms with Gasteiger partial charge < -0.3 is 15.4 Å². The van der Waals surface area contributed by atoms with Gasteiger partial charge in [-0.15, -0.1) is 11.3 Å². The Morgan fingerprint density at radius 1 is 1.40 bits per heavy atom. The summed E-state index contributed by atoms with van der Waals surface area (Å²) < 4.78 is 18.2. The minimum absolute atomic E-state index is 0.104. The number of hydrogen-bond acceptors (Lipinski definition) is 4. The maximum Gasteiger partial charge on any atom is 0.221 e. The van der Waals surface area contributed by atoms with E-state index in [0.717, 1.165) is 16.3 Å². The molecular formula is C14H15FN2O2S. The Morgan fingerprint density at radius 2 is 2.20 bits per heavy atom. The minimum atomic E-state index is -0.395. The Kier molecular flexibility index (Phi) is 4.57. The number of carbonyl (C=O) groups is 1. The SMILES string of the molecule is COc1cc(NCc2sccc2NC(C)=O)ccc1F. The molecule has 0 saturated heterocycles. The van der Waals surface area contributed by atoms with Gasteiger partial charge in [-0.3, -0.25) is 4.79 Å². The number of halogens is 1. The Labute approximate surface area is 120 Å². The fraction of sp³-hybridized carbons (Fsp3) is 0.214. The van der Waals surface area contributed by atoms with Crippen LogP contribution < -0.4 is 15.4 Å². The van der Waals surface area contributed by atoms with Crippen molar-refractivity contribution in [3.05, 3.63) is 40.3 Å². The van der Waals surface area contributed by atoms with Crippen molar-refractivity contribution in [1.29, 1.82) is 0 Å². The summed E-state index contributed by atoms with van der Waals surface area (Å²) in [4.78, 5) is 12.1. The van der Waals surface area contributed by atoms with Gasteiger partial charge in [0.05, 0.1) is 19.3 Å². The first-order valence-electron chi connectivity index (χ1n) is 6.01. The van der Waals surface area contributed by atoms with Gasteiger partial charge in [0.15, 0.2) is 11.6 Å². The molecule has 106 valence electrons. The van der Waals surface area contributed by atoms with Crippen LogP contribution in [0.3, 0.4) is 0 Å². The molecule has 1 amide bonds. The van der Waals surface area contributed by atoms with E-state index in [1.54, 1.807) is 23.5 Å². The van der Waals surface area contributed by atoms with Crippen LogP contribution >= 0.6 is 11.3 Å². The summed E-state index contributed by atoms with van der Waals surface area (Å²) in [6.07, 6.45) is 0. The summed E-state index contributed by atoms with van der Waals surface area (Å²) in [5, 5.41) is 7.85. The van der Waals surface area contributed by atoms with Crippen LogP contribution in [0.4, 0.5) is 15.8 Å². The summed E-state index contributed by atoms with van der Waals surface area (Å²) in [6.45, 7) is 2.02. The highest BCUT2D eigenvalue weighted by molar-refractivity contribution is 7.10. The van der Waals surface area contributed by atoms with E-state index in [9.17, 15) is 9.18 Å². The quantitative estimate of drug-likeness (QED) is 0.888. The number of nitrogens with one attached hydrogen (secondary N) is 2.